The van der Waals surface area contributed by atoms with Crippen molar-refractivity contribution in [1.82, 2.24) is 25.8 Å². The van der Waals surface area contributed by atoms with Crippen LogP contribution in [-0.4, -0.2) is 45.5 Å². The molecule has 0 aliphatic rings. The molecule has 39 heavy (non-hydrogen) atoms. The molecule has 0 bridgehead atoms. The molecule has 0 saturated heterocycles. The fraction of sp³-hybridized carbons (Fsp3) is 0.231. The Kier molecular flexibility index (Phi) is 8.84. The minimum atomic E-state index is -0.798. The van der Waals surface area contributed by atoms with Crippen molar-refractivity contribution >= 4 is 62.4 Å². The minimum absolute atomic E-state index is 0.0713. The Labute approximate surface area is 231 Å². The van der Waals surface area contributed by atoms with Gasteiger partial charge in [-0.3, -0.25) is 19.5 Å². The van der Waals surface area contributed by atoms with Crippen molar-refractivity contribution in [3.63, 3.8) is 0 Å². The number of carbonyl (C=O) groups excluding carboxylic acids is 4. The molecule has 4 N–H and O–H groups in total. The molecule has 4 rings (SSSR count). The number of amides is 3. The number of nitrogens with one attached hydrogen (secondary N) is 4. The first kappa shape index (κ1) is 27.7. The standard InChI is InChI=1S/C26H26N6O5S2/c1-14(2)13-37-25(36)19(12-27-23(34)20-8-5-9-38-20)30-24(35)22-15(3)29-26(39-22)31-21(33)10-16-6-4-7-18-17(16)11-28-32-18/h4-9,11-12,14H,10,13H2,1-3H3,(H,27,34)(H,28,32)(H,30,35)(H,29,31,33)/b19-12+. The van der Waals surface area contributed by atoms with E-state index in [0.717, 1.165) is 34.0 Å². The second-order valence-corrected chi connectivity index (χ2v) is 10.8. The van der Waals surface area contributed by atoms with Gasteiger partial charge < -0.3 is 20.7 Å². The Morgan fingerprint density at radius 3 is 2.69 bits per heavy atom. The first-order valence-corrected chi connectivity index (χ1v) is 13.6. The van der Waals surface area contributed by atoms with Crippen molar-refractivity contribution in [2.24, 2.45) is 5.92 Å². The SMILES string of the molecule is Cc1nc(NC(=O)Cc2cccc3[nH]ncc23)sc1C(=O)N/C(=C/NC(=O)c1cccs1)C(=O)OCC(C)C. The van der Waals surface area contributed by atoms with E-state index in [4.69, 9.17) is 4.74 Å². The van der Waals surface area contributed by atoms with Crippen molar-refractivity contribution < 1.29 is 23.9 Å². The molecule has 4 aromatic rings. The second kappa shape index (κ2) is 12.5. The summed E-state index contributed by atoms with van der Waals surface area (Å²) in [5.41, 5.74) is 1.75. The lowest BCUT2D eigenvalue weighted by molar-refractivity contribution is -0.140. The number of hydrogen-bond acceptors (Lipinski definition) is 9. The largest absolute Gasteiger partial charge is 0.461 e. The lowest BCUT2D eigenvalue weighted by Gasteiger charge is -2.11. The number of aryl methyl sites for hydroxylation is 1. The Balaban J connectivity index is 1.45. The Morgan fingerprint density at radius 1 is 1.13 bits per heavy atom. The third kappa shape index (κ3) is 7.15. The van der Waals surface area contributed by atoms with Gasteiger partial charge in [-0.25, -0.2) is 9.78 Å². The number of fused-ring (bicyclic) bond motifs is 1. The lowest BCUT2D eigenvalue weighted by atomic mass is 10.1. The van der Waals surface area contributed by atoms with Crippen LogP contribution in [0.3, 0.4) is 0 Å². The van der Waals surface area contributed by atoms with Gasteiger partial charge in [0, 0.05) is 11.6 Å². The summed E-state index contributed by atoms with van der Waals surface area (Å²) < 4.78 is 5.25. The van der Waals surface area contributed by atoms with Gasteiger partial charge in [-0.05, 0) is 35.9 Å². The van der Waals surface area contributed by atoms with Crippen LogP contribution in [0.1, 0.15) is 44.4 Å². The number of thiophene rings is 1. The van der Waals surface area contributed by atoms with E-state index in [2.05, 4.69) is 31.1 Å². The number of nitrogens with zero attached hydrogens (tertiary/aromatic N) is 2. The molecule has 11 nitrogen and oxygen atoms in total. The molecule has 0 aliphatic carbocycles. The maximum absolute atomic E-state index is 13.1. The van der Waals surface area contributed by atoms with Crippen LogP contribution < -0.4 is 16.0 Å². The van der Waals surface area contributed by atoms with Gasteiger partial charge in [-0.2, -0.15) is 5.10 Å². The van der Waals surface area contributed by atoms with Crippen LogP contribution >= 0.6 is 22.7 Å². The van der Waals surface area contributed by atoms with Crippen molar-refractivity contribution in [2.45, 2.75) is 27.2 Å². The number of thiazole rings is 1. The molecule has 0 atom stereocenters. The van der Waals surface area contributed by atoms with E-state index in [-0.39, 0.29) is 40.6 Å². The molecule has 0 saturated carbocycles. The highest BCUT2D eigenvalue weighted by atomic mass is 32.1. The van der Waals surface area contributed by atoms with Gasteiger partial charge in [0.05, 0.1) is 35.3 Å². The number of anilines is 1. The maximum Gasteiger partial charge on any atom is 0.356 e. The molecule has 0 spiro atoms. The number of ether oxygens (including phenoxy) is 1. The molecule has 13 heteroatoms. The Morgan fingerprint density at radius 2 is 1.95 bits per heavy atom. The molecule has 0 radical (unpaired) electrons. The van der Waals surface area contributed by atoms with Crippen LogP contribution in [0.4, 0.5) is 5.13 Å². The van der Waals surface area contributed by atoms with E-state index < -0.39 is 17.8 Å². The summed E-state index contributed by atoms with van der Waals surface area (Å²) in [6.45, 7) is 5.50. The van der Waals surface area contributed by atoms with Gasteiger partial charge in [-0.1, -0.05) is 43.4 Å². The predicted octanol–water partition coefficient (Wildman–Crippen LogP) is 3.77. The van der Waals surface area contributed by atoms with Crippen molar-refractivity contribution in [3.05, 3.63) is 74.8 Å². The molecule has 0 unspecified atom stereocenters. The molecule has 3 heterocycles. The highest BCUT2D eigenvalue weighted by Crippen LogP contribution is 2.24. The zero-order chi connectivity index (χ0) is 27.9. The van der Waals surface area contributed by atoms with Crippen LogP contribution in [0.25, 0.3) is 10.9 Å². The summed E-state index contributed by atoms with van der Waals surface area (Å²) in [7, 11) is 0. The molecule has 202 valence electrons. The molecular weight excluding hydrogens is 540 g/mol. The highest BCUT2D eigenvalue weighted by molar-refractivity contribution is 7.17. The number of H-pyrrole nitrogens is 1. The maximum atomic E-state index is 13.1. The summed E-state index contributed by atoms with van der Waals surface area (Å²) in [6, 6.07) is 8.90. The van der Waals surface area contributed by atoms with Gasteiger partial charge >= 0.3 is 5.97 Å². The van der Waals surface area contributed by atoms with Gasteiger partial charge in [0.15, 0.2) is 5.13 Å². The minimum Gasteiger partial charge on any atom is -0.461 e. The predicted molar refractivity (Wildman–Crippen MR) is 148 cm³/mol. The van der Waals surface area contributed by atoms with Crippen LogP contribution in [-0.2, 0) is 20.7 Å². The van der Waals surface area contributed by atoms with Gasteiger partial charge in [0.25, 0.3) is 11.8 Å². The Bertz CT molecular complexity index is 1540. The smallest absolute Gasteiger partial charge is 0.356 e. The van der Waals surface area contributed by atoms with E-state index in [1.165, 1.54) is 11.3 Å². The van der Waals surface area contributed by atoms with E-state index in [9.17, 15) is 19.2 Å². The number of rotatable bonds is 10. The summed E-state index contributed by atoms with van der Waals surface area (Å²) in [5, 5.41) is 17.4. The molecular formula is C26H26N6O5S2. The van der Waals surface area contributed by atoms with Crippen LogP contribution in [0, 0.1) is 12.8 Å². The van der Waals surface area contributed by atoms with Crippen LogP contribution in [0.15, 0.2) is 53.8 Å². The van der Waals surface area contributed by atoms with E-state index in [1.807, 2.05) is 32.0 Å². The molecule has 3 amide bonds. The average Bonchev–Trinajstić information content (AvgIpc) is 3.66. The van der Waals surface area contributed by atoms with Gasteiger partial charge in [0.2, 0.25) is 5.91 Å². The third-order valence-corrected chi connectivity index (χ3v) is 7.22. The highest BCUT2D eigenvalue weighted by Gasteiger charge is 2.22. The summed E-state index contributed by atoms with van der Waals surface area (Å²) >= 11 is 2.20. The zero-order valence-electron chi connectivity index (χ0n) is 21.4. The fourth-order valence-corrected chi connectivity index (χ4v) is 4.95. The molecule has 3 aromatic heterocycles. The van der Waals surface area contributed by atoms with Crippen LogP contribution in [0.2, 0.25) is 0 Å². The summed E-state index contributed by atoms with van der Waals surface area (Å²) in [4.78, 5) is 55.7. The van der Waals surface area contributed by atoms with E-state index >= 15 is 0 Å². The second-order valence-electron chi connectivity index (χ2n) is 8.86. The quantitative estimate of drug-likeness (QED) is 0.168. The number of carbonyl (C=O) groups is 4. The molecule has 0 fully saturated rings. The van der Waals surface area contributed by atoms with E-state index in [1.54, 1.807) is 30.6 Å². The lowest BCUT2D eigenvalue weighted by Crippen LogP contribution is -2.31. The number of aromatic nitrogens is 3. The molecule has 0 aliphatic heterocycles. The summed E-state index contributed by atoms with van der Waals surface area (Å²) in [5.74, 6) is -2.10. The monoisotopic (exact) mass is 566 g/mol. The Hall–Kier alpha value is -4.36. The fourth-order valence-electron chi connectivity index (χ4n) is 3.44. The topological polar surface area (TPSA) is 155 Å². The average molecular weight is 567 g/mol. The van der Waals surface area contributed by atoms with E-state index in [0.29, 0.717) is 10.6 Å². The number of benzene rings is 1. The molecule has 1 aromatic carbocycles. The first-order valence-electron chi connectivity index (χ1n) is 11.9. The normalized spacial score (nSPS) is 11.4. The van der Waals surface area contributed by atoms with Crippen molar-refractivity contribution in [2.75, 3.05) is 11.9 Å². The third-order valence-electron chi connectivity index (χ3n) is 5.28. The number of hydrogen-bond donors (Lipinski definition) is 4. The van der Waals surface area contributed by atoms with Crippen molar-refractivity contribution in [1.29, 1.82) is 0 Å². The van der Waals surface area contributed by atoms with Crippen LogP contribution in [0.5, 0.6) is 0 Å². The van der Waals surface area contributed by atoms with Gasteiger partial charge in [0.1, 0.15) is 10.6 Å². The van der Waals surface area contributed by atoms with Crippen molar-refractivity contribution in [3.8, 4) is 0 Å². The first-order chi connectivity index (χ1) is 18.7. The number of esters is 1. The zero-order valence-corrected chi connectivity index (χ0v) is 23.0. The summed E-state index contributed by atoms with van der Waals surface area (Å²) in [6.07, 6.45) is 2.86. The van der Waals surface area contributed by atoms with Gasteiger partial charge in [-0.15, -0.1) is 11.3 Å². The number of aromatic amines is 1.